The Bertz CT molecular complexity index is 1090. The molecule has 188 valence electrons. The van der Waals surface area contributed by atoms with Gasteiger partial charge in [-0.1, -0.05) is 41.4 Å². The molecule has 1 saturated heterocycles. The lowest BCUT2D eigenvalue weighted by Gasteiger charge is -2.56. The number of likely N-dealkylation sites (tertiary alicyclic amines) is 1. The minimum Gasteiger partial charge on any atom is -0.508 e. The summed E-state index contributed by atoms with van der Waals surface area (Å²) in [6.07, 6.45) is 4.60. The zero-order valence-electron chi connectivity index (χ0n) is 20.2. The number of carbonyl (C=O) groups is 1. The number of rotatable bonds is 6. The Morgan fingerprint density at radius 1 is 1.17 bits per heavy atom. The molecule has 2 aliphatic carbocycles. The van der Waals surface area contributed by atoms with Gasteiger partial charge >= 0.3 is 0 Å². The molecule has 1 aliphatic heterocycles. The highest BCUT2D eigenvalue weighted by atomic mass is 35.5. The van der Waals surface area contributed by atoms with Crippen LogP contribution in [0.25, 0.3) is 0 Å². The summed E-state index contributed by atoms with van der Waals surface area (Å²) in [5.41, 5.74) is 1.61. The number of hydrogen-bond donors (Lipinski definition) is 2. The molecule has 3 fully saturated rings. The molecule has 4 atom stereocenters. The van der Waals surface area contributed by atoms with Crippen LogP contribution in [0.3, 0.4) is 0 Å². The van der Waals surface area contributed by atoms with Crippen molar-refractivity contribution in [3.05, 3.63) is 63.6 Å². The van der Waals surface area contributed by atoms with Crippen LogP contribution in [0.1, 0.15) is 43.2 Å². The van der Waals surface area contributed by atoms with Gasteiger partial charge in [0, 0.05) is 37.5 Å². The van der Waals surface area contributed by atoms with Gasteiger partial charge < -0.3 is 20.0 Å². The summed E-state index contributed by atoms with van der Waals surface area (Å²) in [4.78, 5) is 17.6. The zero-order chi connectivity index (χ0) is 24.7. The molecular weight excluding hydrogens is 483 g/mol. The Morgan fingerprint density at radius 2 is 1.97 bits per heavy atom. The predicted octanol–water partition coefficient (Wildman–Crippen LogP) is 4.89. The van der Waals surface area contributed by atoms with Gasteiger partial charge in [0.1, 0.15) is 5.75 Å². The smallest absolute Gasteiger partial charge is 0.226 e. The second kappa shape index (κ2) is 9.93. The Balaban J connectivity index is 1.38. The molecule has 2 aromatic rings. The van der Waals surface area contributed by atoms with Crippen LogP contribution in [-0.2, 0) is 16.6 Å². The van der Waals surface area contributed by atoms with Crippen molar-refractivity contribution in [2.45, 2.75) is 56.1 Å². The van der Waals surface area contributed by atoms with Gasteiger partial charge in [-0.2, -0.15) is 0 Å². The number of benzene rings is 2. The fraction of sp³-hybridized carbons (Fsp3) is 0.536. The van der Waals surface area contributed by atoms with E-state index in [0.29, 0.717) is 16.5 Å². The van der Waals surface area contributed by atoms with Crippen LogP contribution in [-0.4, -0.2) is 64.7 Å². The molecule has 1 heterocycles. The van der Waals surface area contributed by atoms with Crippen molar-refractivity contribution in [2.24, 2.45) is 11.8 Å². The SMILES string of the molecule is CN(C(=O)Cc1ccc(Cl)c(Cl)c1)[C@@H]1CC(O)[C@@H]2CN(CC3CC3)CC[C@@]2(c2cccc(O)c2)C1. The third-order valence-corrected chi connectivity index (χ3v) is 9.27. The van der Waals surface area contributed by atoms with E-state index in [0.717, 1.165) is 49.5 Å². The molecular formula is C28H34Cl2N2O3. The number of fused-ring (bicyclic) bond motifs is 1. The van der Waals surface area contributed by atoms with Crippen LogP contribution >= 0.6 is 23.2 Å². The quantitative estimate of drug-likeness (QED) is 0.573. The molecule has 1 unspecified atom stereocenters. The first kappa shape index (κ1) is 24.9. The van der Waals surface area contributed by atoms with Crippen molar-refractivity contribution in [3.63, 3.8) is 0 Å². The highest BCUT2D eigenvalue weighted by molar-refractivity contribution is 6.42. The number of halogens is 2. The Hall–Kier alpha value is -1.79. The molecule has 5 rings (SSSR count). The van der Waals surface area contributed by atoms with Crippen molar-refractivity contribution >= 4 is 29.1 Å². The van der Waals surface area contributed by atoms with E-state index in [1.54, 1.807) is 18.2 Å². The van der Waals surface area contributed by atoms with E-state index in [2.05, 4.69) is 11.0 Å². The van der Waals surface area contributed by atoms with Gasteiger partial charge in [0.2, 0.25) is 5.91 Å². The summed E-state index contributed by atoms with van der Waals surface area (Å²) in [7, 11) is 1.84. The van der Waals surface area contributed by atoms with Gasteiger partial charge in [-0.05, 0) is 80.0 Å². The number of amides is 1. The first-order valence-electron chi connectivity index (χ1n) is 12.6. The minimum absolute atomic E-state index is 0.00346. The molecule has 1 amide bonds. The first-order chi connectivity index (χ1) is 16.7. The van der Waals surface area contributed by atoms with E-state index >= 15 is 0 Å². The van der Waals surface area contributed by atoms with Gasteiger partial charge in [0.25, 0.3) is 0 Å². The van der Waals surface area contributed by atoms with Gasteiger partial charge in [-0.3, -0.25) is 4.79 Å². The summed E-state index contributed by atoms with van der Waals surface area (Å²) in [6.45, 7) is 2.95. The summed E-state index contributed by atoms with van der Waals surface area (Å²) in [6, 6.07) is 12.7. The molecule has 2 aromatic carbocycles. The van der Waals surface area contributed by atoms with Crippen LogP contribution in [0.15, 0.2) is 42.5 Å². The minimum atomic E-state index is -0.515. The average molecular weight is 517 g/mol. The Morgan fingerprint density at radius 3 is 2.69 bits per heavy atom. The number of phenolic OH excluding ortho intramolecular Hbond substituents is 1. The molecule has 0 spiro atoms. The number of hydrogen-bond acceptors (Lipinski definition) is 4. The highest BCUT2D eigenvalue weighted by Crippen LogP contribution is 2.51. The average Bonchev–Trinajstić information content (AvgIpc) is 3.65. The molecule has 2 N–H and O–H groups in total. The summed E-state index contributed by atoms with van der Waals surface area (Å²) >= 11 is 12.2. The molecule has 7 heteroatoms. The van der Waals surface area contributed by atoms with Gasteiger partial charge in [-0.15, -0.1) is 0 Å². The van der Waals surface area contributed by atoms with E-state index in [-0.39, 0.29) is 35.5 Å². The maximum absolute atomic E-state index is 13.3. The molecule has 2 saturated carbocycles. The van der Waals surface area contributed by atoms with Crippen LogP contribution < -0.4 is 0 Å². The maximum atomic E-state index is 13.3. The lowest BCUT2D eigenvalue weighted by atomic mass is 9.56. The second-order valence-electron chi connectivity index (χ2n) is 10.9. The molecule has 5 nitrogen and oxygen atoms in total. The van der Waals surface area contributed by atoms with Gasteiger partial charge in [-0.25, -0.2) is 0 Å². The van der Waals surface area contributed by atoms with E-state index in [9.17, 15) is 15.0 Å². The predicted molar refractivity (Wildman–Crippen MR) is 139 cm³/mol. The molecule has 3 aliphatic rings. The Kier molecular flexibility index (Phi) is 7.06. The van der Waals surface area contributed by atoms with Crippen LogP contribution in [0.2, 0.25) is 10.0 Å². The van der Waals surface area contributed by atoms with Crippen molar-refractivity contribution in [2.75, 3.05) is 26.7 Å². The van der Waals surface area contributed by atoms with E-state index in [1.165, 1.54) is 12.8 Å². The largest absolute Gasteiger partial charge is 0.508 e. The highest BCUT2D eigenvalue weighted by Gasteiger charge is 2.53. The molecule has 35 heavy (non-hydrogen) atoms. The van der Waals surface area contributed by atoms with Crippen LogP contribution in [0.4, 0.5) is 0 Å². The lowest BCUT2D eigenvalue weighted by molar-refractivity contribution is -0.135. The Labute approximate surface area is 217 Å². The standard InChI is InChI=1S/C28H34Cl2N2O3/c1-31(27(35)12-19-7-8-24(29)25(30)11-19)21-14-26(34)23-17-32(16-18-5-6-18)10-9-28(23,15-21)20-3-2-4-22(33)13-20/h2-4,7-8,11,13,18,21,23,26,33-34H,5-6,9-10,12,14-17H2,1H3/t21-,23+,26?,28+/m1/s1. The maximum Gasteiger partial charge on any atom is 0.226 e. The third-order valence-electron chi connectivity index (χ3n) is 8.53. The summed E-state index contributed by atoms with van der Waals surface area (Å²) in [5, 5.41) is 22.7. The van der Waals surface area contributed by atoms with Crippen molar-refractivity contribution in [3.8, 4) is 5.75 Å². The summed E-state index contributed by atoms with van der Waals surface area (Å²) in [5.74, 6) is 1.13. The van der Waals surface area contributed by atoms with E-state index < -0.39 is 6.10 Å². The van der Waals surface area contributed by atoms with E-state index in [4.69, 9.17) is 23.2 Å². The number of nitrogens with zero attached hydrogens (tertiary/aromatic N) is 2. The summed E-state index contributed by atoms with van der Waals surface area (Å²) < 4.78 is 0. The van der Waals surface area contributed by atoms with Crippen molar-refractivity contribution in [1.82, 2.24) is 9.80 Å². The number of likely N-dealkylation sites (N-methyl/N-ethyl adjacent to an activating group) is 1. The first-order valence-corrected chi connectivity index (χ1v) is 13.4. The molecule has 0 aromatic heterocycles. The number of aliphatic hydroxyl groups is 1. The van der Waals surface area contributed by atoms with Crippen LogP contribution in [0.5, 0.6) is 5.75 Å². The second-order valence-corrected chi connectivity index (χ2v) is 11.7. The lowest BCUT2D eigenvalue weighted by Crippen LogP contribution is -2.61. The number of piperidine rings is 1. The molecule has 0 radical (unpaired) electrons. The number of aliphatic hydroxyl groups excluding tert-OH is 1. The fourth-order valence-corrected chi connectivity index (χ4v) is 6.67. The van der Waals surface area contributed by atoms with Crippen LogP contribution in [0, 0.1) is 11.8 Å². The number of carbonyl (C=O) groups excluding carboxylic acids is 1. The monoisotopic (exact) mass is 516 g/mol. The molecule has 0 bridgehead atoms. The topological polar surface area (TPSA) is 64.0 Å². The number of phenols is 1. The third kappa shape index (κ3) is 5.20. The normalized spacial score (nSPS) is 29.0. The van der Waals surface area contributed by atoms with Gasteiger partial charge in [0.05, 0.1) is 22.6 Å². The van der Waals surface area contributed by atoms with E-state index in [1.807, 2.05) is 30.1 Å². The van der Waals surface area contributed by atoms with Crippen molar-refractivity contribution in [1.29, 1.82) is 0 Å². The fourth-order valence-electron chi connectivity index (χ4n) is 6.35. The number of aromatic hydroxyl groups is 1. The zero-order valence-corrected chi connectivity index (χ0v) is 21.7. The van der Waals surface area contributed by atoms with Gasteiger partial charge in [0.15, 0.2) is 0 Å². The van der Waals surface area contributed by atoms with Crippen molar-refractivity contribution < 1.29 is 15.0 Å².